The van der Waals surface area contributed by atoms with Crippen LogP contribution in [0.1, 0.15) is 18.6 Å². The molecule has 1 aromatic carbocycles. The van der Waals surface area contributed by atoms with Crippen molar-refractivity contribution < 1.29 is 19.0 Å². The number of carbonyl (C=O) groups is 1. The van der Waals surface area contributed by atoms with Crippen LogP contribution < -0.4 is 0 Å². The molecule has 2 rings (SSSR count). The fourth-order valence-electron chi connectivity index (χ4n) is 1.87. The summed E-state index contributed by atoms with van der Waals surface area (Å²) >= 11 is 5.92. The summed E-state index contributed by atoms with van der Waals surface area (Å²) in [4.78, 5) is 11.8. The molecule has 0 saturated carbocycles. The predicted octanol–water partition coefficient (Wildman–Crippen LogP) is 2.92. The number of ether oxygens (including phenoxy) is 1. The number of nitrogens with zero attached hydrogens (tertiary/aromatic N) is 1. The van der Waals surface area contributed by atoms with Crippen molar-refractivity contribution in [3.8, 4) is 0 Å². The maximum atomic E-state index is 12.9. The molecule has 1 aliphatic heterocycles. The molecular weight excluding hydrogens is 261 g/mol. The highest BCUT2D eigenvalue weighted by atomic mass is 35.5. The highest BCUT2D eigenvalue weighted by Crippen LogP contribution is 2.28. The largest absolute Gasteiger partial charge is 0.465 e. The first-order valence-electron chi connectivity index (χ1n) is 5.55. The van der Waals surface area contributed by atoms with Crippen molar-refractivity contribution in [2.24, 2.45) is 0 Å². The van der Waals surface area contributed by atoms with E-state index in [0.717, 1.165) is 0 Å². The van der Waals surface area contributed by atoms with Gasteiger partial charge in [-0.15, -0.1) is 0 Å². The molecule has 1 amide bonds. The van der Waals surface area contributed by atoms with Crippen molar-refractivity contribution in [3.05, 3.63) is 34.6 Å². The number of hydrogen-bond acceptors (Lipinski definition) is 2. The average Bonchev–Trinajstić information content (AvgIpc) is 2.21. The van der Waals surface area contributed by atoms with E-state index in [9.17, 15) is 9.18 Å². The van der Waals surface area contributed by atoms with Crippen molar-refractivity contribution in [1.82, 2.24) is 4.90 Å². The Bertz CT molecular complexity index is 463. The van der Waals surface area contributed by atoms with Gasteiger partial charge in [0.2, 0.25) is 0 Å². The minimum atomic E-state index is -0.942. The molecule has 0 aromatic heterocycles. The van der Waals surface area contributed by atoms with Gasteiger partial charge in [-0.05, 0) is 24.6 Å². The number of likely N-dealkylation sites (tertiary alicyclic amines) is 1. The quantitative estimate of drug-likeness (QED) is 0.921. The summed E-state index contributed by atoms with van der Waals surface area (Å²) in [6, 6.07) is 4.14. The first kappa shape index (κ1) is 13.1. The summed E-state index contributed by atoms with van der Waals surface area (Å²) in [7, 11) is 0. The zero-order valence-corrected chi connectivity index (χ0v) is 10.5. The van der Waals surface area contributed by atoms with Crippen LogP contribution in [0.5, 0.6) is 0 Å². The third-order valence-corrected chi connectivity index (χ3v) is 3.24. The van der Waals surface area contributed by atoms with Crippen molar-refractivity contribution in [2.45, 2.75) is 19.1 Å². The van der Waals surface area contributed by atoms with Gasteiger partial charge in [-0.1, -0.05) is 17.7 Å². The molecule has 98 valence electrons. The Morgan fingerprint density at radius 3 is 2.83 bits per heavy atom. The number of amides is 1. The lowest BCUT2D eigenvalue weighted by atomic mass is 10.1. The molecule has 0 bridgehead atoms. The van der Waals surface area contributed by atoms with Crippen molar-refractivity contribution in [2.75, 3.05) is 13.1 Å². The van der Waals surface area contributed by atoms with Gasteiger partial charge in [-0.25, -0.2) is 9.18 Å². The van der Waals surface area contributed by atoms with Crippen LogP contribution in [0.3, 0.4) is 0 Å². The molecule has 4 nitrogen and oxygen atoms in total. The van der Waals surface area contributed by atoms with E-state index >= 15 is 0 Å². The van der Waals surface area contributed by atoms with Crippen LogP contribution in [0.4, 0.5) is 9.18 Å². The lowest BCUT2D eigenvalue weighted by Gasteiger charge is -2.38. The van der Waals surface area contributed by atoms with E-state index in [1.54, 1.807) is 6.07 Å². The maximum Gasteiger partial charge on any atom is 0.407 e. The van der Waals surface area contributed by atoms with Crippen LogP contribution in [0.15, 0.2) is 18.2 Å². The third kappa shape index (κ3) is 2.73. The zero-order chi connectivity index (χ0) is 13.3. The van der Waals surface area contributed by atoms with Gasteiger partial charge >= 0.3 is 6.09 Å². The molecule has 1 atom stereocenters. The molecule has 1 fully saturated rings. The van der Waals surface area contributed by atoms with Crippen LogP contribution in [0.25, 0.3) is 0 Å². The van der Waals surface area contributed by atoms with Crippen molar-refractivity contribution >= 4 is 17.7 Å². The van der Waals surface area contributed by atoms with Gasteiger partial charge in [0.05, 0.1) is 25.3 Å². The van der Waals surface area contributed by atoms with E-state index in [-0.39, 0.29) is 12.2 Å². The van der Waals surface area contributed by atoms with Crippen LogP contribution in [-0.4, -0.2) is 35.3 Å². The topological polar surface area (TPSA) is 49.8 Å². The molecule has 18 heavy (non-hydrogen) atoms. The summed E-state index contributed by atoms with van der Waals surface area (Å²) in [5, 5.41) is 9.00. The molecule has 1 saturated heterocycles. The summed E-state index contributed by atoms with van der Waals surface area (Å²) in [6.07, 6.45) is -1.36. The third-order valence-electron chi connectivity index (χ3n) is 2.92. The Hall–Kier alpha value is -1.33. The SMILES string of the molecule is CC(OC1CN(C(=O)O)C1)c1ccc(F)cc1Cl. The Labute approximate surface area is 109 Å². The van der Waals surface area contributed by atoms with E-state index in [4.69, 9.17) is 21.4 Å². The van der Waals surface area contributed by atoms with Gasteiger partial charge in [0.25, 0.3) is 0 Å². The molecule has 1 aliphatic rings. The summed E-state index contributed by atoms with van der Waals surface area (Å²) in [5.74, 6) is -0.392. The minimum Gasteiger partial charge on any atom is -0.465 e. The van der Waals surface area contributed by atoms with Crippen LogP contribution in [0.2, 0.25) is 5.02 Å². The van der Waals surface area contributed by atoms with Crippen molar-refractivity contribution in [3.63, 3.8) is 0 Å². The Balaban J connectivity index is 1.93. The summed E-state index contributed by atoms with van der Waals surface area (Å²) < 4.78 is 18.6. The normalized spacial score (nSPS) is 17.4. The molecule has 1 heterocycles. The first-order valence-corrected chi connectivity index (χ1v) is 5.93. The van der Waals surface area contributed by atoms with Crippen LogP contribution in [0, 0.1) is 5.82 Å². The lowest BCUT2D eigenvalue weighted by molar-refractivity contribution is -0.0782. The van der Waals surface area contributed by atoms with E-state index in [0.29, 0.717) is 23.7 Å². The maximum absolute atomic E-state index is 12.9. The molecule has 0 aliphatic carbocycles. The Morgan fingerprint density at radius 2 is 2.28 bits per heavy atom. The van der Waals surface area contributed by atoms with Crippen LogP contribution >= 0.6 is 11.6 Å². The van der Waals surface area contributed by atoms with Crippen molar-refractivity contribution in [1.29, 1.82) is 0 Å². The van der Waals surface area contributed by atoms with Gasteiger partial charge in [0.15, 0.2) is 0 Å². The monoisotopic (exact) mass is 273 g/mol. The smallest absolute Gasteiger partial charge is 0.407 e. The summed E-state index contributed by atoms with van der Waals surface area (Å²) in [6.45, 7) is 2.53. The number of benzene rings is 1. The number of rotatable bonds is 3. The van der Waals surface area contributed by atoms with E-state index < -0.39 is 11.9 Å². The first-order chi connectivity index (χ1) is 8.47. The number of carboxylic acid groups (broad SMARTS) is 1. The van der Waals surface area contributed by atoms with Gasteiger partial charge in [0, 0.05) is 5.02 Å². The molecule has 6 heteroatoms. The van der Waals surface area contributed by atoms with Gasteiger partial charge < -0.3 is 14.7 Å². The average molecular weight is 274 g/mol. The number of hydrogen-bond donors (Lipinski definition) is 1. The van der Waals surface area contributed by atoms with Crippen LogP contribution in [-0.2, 0) is 4.74 Å². The second kappa shape index (κ2) is 5.12. The molecule has 0 radical (unpaired) electrons. The lowest BCUT2D eigenvalue weighted by Crippen LogP contribution is -2.54. The second-order valence-electron chi connectivity index (χ2n) is 4.25. The van der Waals surface area contributed by atoms with Gasteiger partial charge in [-0.3, -0.25) is 0 Å². The zero-order valence-electron chi connectivity index (χ0n) is 9.77. The Morgan fingerprint density at radius 1 is 1.61 bits per heavy atom. The molecule has 1 unspecified atom stereocenters. The van der Waals surface area contributed by atoms with E-state index in [1.165, 1.54) is 17.0 Å². The fraction of sp³-hybridized carbons (Fsp3) is 0.417. The number of halogens is 2. The second-order valence-corrected chi connectivity index (χ2v) is 4.66. The predicted molar refractivity (Wildman–Crippen MR) is 64.3 cm³/mol. The van der Waals surface area contributed by atoms with Gasteiger partial charge in [-0.2, -0.15) is 0 Å². The van der Waals surface area contributed by atoms with Gasteiger partial charge in [0.1, 0.15) is 5.82 Å². The Kier molecular flexibility index (Phi) is 3.73. The highest BCUT2D eigenvalue weighted by Gasteiger charge is 2.32. The minimum absolute atomic E-state index is 0.128. The standard InChI is InChI=1S/C12H13ClFNO3/c1-7(10-3-2-8(14)4-11(10)13)18-9-5-15(6-9)12(16)17/h2-4,7,9H,5-6H2,1H3,(H,16,17). The van der Waals surface area contributed by atoms with E-state index in [1.807, 2.05) is 6.92 Å². The fourth-order valence-corrected chi connectivity index (χ4v) is 2.19. The van der Waals surface area contributed by atoms with E-state index in [2.05, 4.69) is 0 Å². The highest BCUT2D eigenvalue weighted by molar-refractivity contribution is 6.31. The molecule has 0 spiro atoms. The molecule has 1 N–H and O–H groups in total. The molecular formula is C12H13ClFNO3. The molecule has 1 aromatic rings. The summed E-state index contributed by atoms with van der Waals surface area (Å²) in [5.41, 5.74) is 0.701.